The number of aromatic nitrogens is 3. The molecule has 2 aliphatic heterocycles. The van der Waals surface area contributed by atoms with Crippen molar-refractivity contribution in [2.75, 3.05) is 24.7 Å². The number of anilines is 2. The average molecular weight is 414 g/mol. The van der Waals surface area contributed by atoms with Gasteiger partial charge in [-0.15, -0.1) is 10.2 Å². The number of hydrogen-bond acceptors (Lipinski definition) is 6. The lowest BCUT2D eigenvalue weighted by molar-refractivity contribution is -0.00346. The summed E-state index contributed by atoms with van der Waals surface area (Å²) in [6.45, 7) is 5.82. The number of hydrogen-bond donors (Lipinski definition) is 1. The Balaban J connectivity index is 1.63. The van der Waals surface area contributed by atoms with Gasteiger partial charge in [0.05, 0.1) is 42.3 Å². The molecule has 2 aliphatic rings. The van der Waals surface area contributed by atoms with E-state index in [0.29, 0.717) is 30.9 Å². The van der Waals surface area contributed by atoms with Crippen LogP contribution >= 0.6 is 0 Å². The summed E-state index contributed by atoms with van der Waals surface area (Å²) >= 11 is 0. The van der Waals surface area contributed by atoms with Crippen molar-refractivity contribution in [1.29, 1.82) is 5.26 Å². The zero-order valence-electron chi connectivity index (χ0n) is 17.4. The maximum absolute atomic E-state index is 12.8. The number of ether oxygens (including phenoxy) is 1. The second kappa shape index (κ2) is 7.52. The number of rotatable bonds is 3. The molecular formula is C23H22N6O2. The quantitative estimate of drug-likeness (QED) is 0.708. The molecule has 0 radical (unpaired) electrons. The molecule has 0 saturated carbocycles. The summed E-state index contributed by atoms with van der Waals surface area (Å²) in [7, 11) is 0. The maximum atomic E-state index is 12.8. The van der Waals surface area contributed by atoms with Gasteiger partial charge < -0.3 is 15.0 Å². The normalized spacial score (nSPS) is 17.7. The Bertz CT molecular complexity index is 1190. The Labute approximate surface area is 180 Å². The predicted octanol–water partition coefficient (Wildman–Crippen LogP) is 2.83. The summed E-state index contributed by atoms with van der Waals surface area (Å²) in [6.07, 6.45) is 0. The van der Waals surface area contributed by atoms with Crippen LogP contribution in [-0.4, -0.2) is 46.5 Å². The van der Waals surface area contributed by atoms with Crippen LogP contribution < -0.4 is 10.2 Å². The van der Waals surface area contributed by atoms with Crippen LogP contribution in [0, 0.1) is 18.3 Å². The van der Waals surface area contributed by atoms with E-state index in [9.17, 15) is 4.79 Å². The third kappa shape index (κ3) is 3.33. The fraction of sp³-hybridized carbons (Fsp3) is 0.304. The van der Waals surface area contributed by atoms with E-state index in [4.69, 9.17) is 10.00 Å². The van der Waals surface area contributed by atoms with Crippen LogP contribution in [0.25, 0.3) is 5.69 Å². The van der Waals surface area contributed by atoms with Gasteiger partial charge in [-0.3, -0.25) is 9.36 Å². The summed E-state index contributed by atoms with van der Waals surface area (Å²) in [4.78, 5) is 15.0. The van der Waals surface area contributed by atoms with Crippen molar-refractivity contribution in [2.24, 2.45) is 0 Å². The van der Waals surface area contributed by atoms with Crippen molar-refractivity contribution in [3.63, 3.8) is 0 Å². The fourth-order valence-electron chi connectivity index (χ4n) is 4.07. The van der Waals surface area contributed by atoms with Crippen molar-refractivity contribution in [1.82, 2.24) is 20.1 Å². The highest BCUT2D eigenvalue weighted by Gasteiger charge is 2.29. The van der Waals surface area contributed by atoms with Gasteiger partial charge in [0, 0.05) is 23.7 Å². The van der Waals surface area contributed by atoms with E-state index < -0.39 is 0 Å². The van der Waals surface area contributed by atoms with Crippen molar-refractivity contribution >= 4 is 17.3 Å². The lowest BCUT2D eigenvalue weighted by Gasteiger charge is -2.28. The summed E-state index contributed by atoms with van der Waals surface area (Å²) in [5.74, 6) is 1.68. The van der Waals surface area contributed by atoms with Gasteiger partial charge in [0.2, 0.25) is 0 Å². The first kappa shape index (κ1) is 19.3. The molecule has 1 atom stereocenters. The first-order chi connectivity index (χ1) is 15.0. The van der Waals surface area contributed by atoms with Crippen molar-refractivity contribution in [2.45, 2.75) is 25.8 Å². The monoisotopic (exact) mass is 414 g/mol. The fourth-order valence-corrected chi connectivity index (χ4v) is 4.07. The highest BCUT2D eigenvalue weighted by molar-refractivity contribution is 5.96. The Hall–Kier alpha value is -3.70. The lowest BCUT2D eigenvalue weighted by atomic mass is 10.1. The molecule has 31 heavy (non-hydrogen) atoms. The largest absolute Gasteiger partial charge is 0.377 e. The molecule has 1 saturated heterocycles. The van der Waals surface area contributed by atoms with Gasteiger partial charge >= 0.3 is 0 Å². The van der Waals surface area contributed by atoms with E-state index in [1.165, 1.54) is 0 Å². The van der Waals surface area contributed by atoms with Gasteiger partial charge in [0.15, 0.2) is 0 Å². The minimum absolute atomic E-state index is 0.0626. The number of nitrogens with zero attached hydrogens (tertiary/aromatic N) is 5. The standard InChI is InChI=1S/C23H22N6O2/c1-14-11-28(19-6-3-16(10-24)4-7-19)21-9-17(23(30)25-18-12-31-13-18)5-8-20(21)29-15(2)26-27-22(14)29/h3-9,14,18H,11-13H2,1-2H3,(H,25,30)/t14-/m1/s1. The third-order valence-corrected chi connectivity index (χ3v) is 5.80. The zero-order valence-corrected chi connectivity index (χ0v) is 17.4. The zero-order chi connectivity index (χ0) is 21.5. The van der Waals surface area contributed by atoms with Crippen LogP contribution in [0.3, 0.4) is 0 Å². The molecule has 1 amide bonds. The minimum Gasteiger partial charge on any atom is -0.377 e. The molecule has 0 bridgehead atoms. The van der Waals surface area contributed by atoms with E-state index in [1.807, 2.05) is 49.4 Å². The molecule has 0 spiro atoms. The van der Waals surface area contributed by atoms with Gasteiger partial charge in [-0.25, -0.2) is 0 Å². The second-order valence-electron chi connectivity index (χ2n) is 8.02. The van der Waals surface area contributed by atoms with Crippen LogP contribution in [0.4, 0.5) is 11.4 Å². The molecule has 2 aromatic carbocycles. The maximum Gasteiger partial charge on any atom is 0.251 e. The van der Waals surface area contributed by atoms with Crippen molar-refractivity contribution in [3.05, 3.63) is 65.2 Å². The lowest BCUT2D eigenvalue weighted by Crippen LogP contribution is -2.48. The highest BCUT2D eigenvalue weighted by atomic mass is 16.5. The van der Waals surface area contributed by atoms with Crippen LogP contribution in [0.2, 0.25) is 0 Å². The Morgan fingerprint density at radius 1 is 1.16 bits per heavy atom. The summed E-state index contributed by atoms with van der Waals surface area (Å²) < 4.78 is 7.23. The number of nitriles is 1. The molecule has 5 rings (SSSR count). The molecule has 8 nitrogen and oxygen atoms in total. The van der Waals surface area contributed by atoms with E-state index in [0.717, 1.165) is 28.7 Å². The molecule has 8 heteroatoms. The molecule has 0 aliphatic carbocycles. The second-order valence-corrected chi connectivity index (χ2v) is 8.02. The number of benzene rings is 2. The first-order valence-corrected chi connectivity index (χ1v) is 10.3. The molecule has 1 fully saturated rings. The number of nitrogens with one attached hydrogen (secondary N) is 1. The molecule has 1 aromatic heterocycles. The molecule has 1 N–H and O–H groups in total. The van der Waals surface area contributed by atoms with Gasteiger partial charge in [-0.2, -0.15) is 5.26 Å². The third-order valence-electron chi connectivity index (χ3n) is 5.80. The van der Waals surface area contributed by atoms with Crippen LogP contribution in [0.5, 0.6) is 0 Å². The molecular weight excluding hydrogens is 392 g/mol. The Kier molecular flexibility index (Phi) is 4.68. The summed E-state index contributed by atoms with van der Waals surface area (Å²) in [5, 5.41) is 20.9. The summed E-state index contributed by atoms with van der Waals surface area (Å²) in [5.41, 5.74) is 3.97. The molecule has 3 aromatic rings. The van der Waals surface area contributed by atoms with E-state index in [1.54, 1.807) is 0 Å². The predicted molar refractivity (Wildman–Crippen MR) is 115 cm³/mol. The van der Waals surface area contributed by atoms with Gasteiger partial charge in [0.25, 0.3) is 5.91 Å². The Morgan fingerprint density at radius 2 is 1.94 bits per heavy atom. The van der Waals surface area contributed by atoms with E-state index >= 15 is 0 Å². The molecule has 156 valence electrons. The topological polar surface area (TPSA) is 96.1 Å². The number of aryl methyl sites for hydroxylation is 1. The van der Waals surface area contributed by atoms with Crippen LogP contribution in [0.1, 0.15) is 40.4 Å². The van der Waals surface area contributed by atoms with Gasteiger partial charge in [0.1, 0.15) is 11.6 Å². The van der Waals surface area contributed by atoms with Gasteiger partial charge in [-0.1, -0.05) is 6.92 Å². The van der Waals surface area contributed by atoms with Crippen molar-refractivity contribution < 1.29 is 9.53 Å². The van der Waals surface area contributed by atoms with Crippen molar-refractivity contribution in [3.8, 4) is 11.8 Å². The van der Waals surface area contributed by atoms with Crippen LogP contribution in [0.15, 0.2) is 42.5 Å². The average Bonchev–Trinajstić information content (AvgIpc) is 3.09. The summed E-state index contributed by atoms with van der Waals surface area (Å²) in [6, 6.07) is 15.4. The van der Waals surface area contributed by atoms with E-state index in [-0.39, 0.29) is 17.9 Å². The van der Waals surface area contributed by atoms with Crippen LogP contribution in [-0.2, 0) is 4.74 Å². The number of carbonyl (C=O) groups excluding carboxylic acids is 1. The highest BCUT2D eigenvalue weighted by Crippen LogP contribution is 2.38. The SMILES string of the molecule is Cc1nnc2n1-c1ccc(C(=O)NC3COC3)cc1N(c1ccc(C#N)cc1)C[C@H]2C. The first-order valence-electron chi connectivity index (χ1n) is 10.3. The minimum atomic E-state index is -0.117. The Morgan fingerprint density at radius 3 is 2.61 bits per heavy atom. The number of amides is 1. The molecule has 0 unspecified atom stereocenters. The number of fused-ring (bicyclic) bond motifs is 3. The molecule has 3 heterocycles. The van der Waals surface area contributed by atoms with E-state index in [2.05, 4.69) is 38.0 Å². The number of carbonyl (C=O) groups is 1. The van der Waals surface area contributed by atoms with Gasteiger partial charge in [-0.05, 0) is 49.4 Å². The smallest absolute Gasteiger partial charge is 0.251 e.